The Balaban J connectivity index is 0.000000537. The number of diazo groups is 1. The maximum atomic E-state index is 12.7. The van der Waals surface area contributed by atoms with Gasteiger partial charge in [-0.3, -0.25) is 9.36 Å². The van der Waals surface area contributed by atoms with E-state index in [4.69, 9.17) is 4.74 Å². The molecule has 0 aliphatic carbocycles. The fraction of sp³-hybridized carbons (Fsp3) is 0.267. The van der Waals surface area contributed by atoms with Gasteiger partial charge in [-0.05, 0) is 28.9 Å². The van der Waals surface area contributed by atoms with E-state index in [2.05, 4.69) is 25.6 Å². The molecule has 1 atom stereocenters. The number of nitrogens with zero attached hydrogens (tertiary/aromatic N) is 4. The summed E-state index contributed by atoms with van der Waals surface area (Å²) in [6.07, 6.45) is 0. The summed E-state index contributed by atoms with van der Waals surface area (Å²) in [5, 5.41) is 19.0. The van der Waals surface area contributed by atoms with E-state index in [0.29, 0.717) is 11.3 Å². The molecule has 0 radical (unpaired) electrons. The van der Waals surface area contributed by atoms with Gasteiger partial charge >= 0.3 is 18.9 Å². The first kappa shape index (κ1) is 22.2. The Morgan fingerprint density at radius 1 is 1.45 bits per heavy atom. The third-order valence-electron chi connectivity index (χ3n) is 3.89. The van der Waals surface area contributed by atoms with Crippen LogP contribution in [0.1, 0.15) is 28.9 Å². The Bertz CT molecular complexity index is 1150. The number of halogens is 5. The lowest BCUT2D eigenvalue weighted by Crippen LogP contribution is -2.34. The molecule has 8 nitrogen and oxygen atoms in total. The normalized spacial score (nSPS) is 14.7. The molecule has 1 aliphatic rings. The van der Waals surface area contributed by atoms with Gasteiger partial charge in [-0.25, -0.2) is 4.79 Å². The van der Waals surface area contributed by atoms with Crippen molar-refractivity contribution in [2.45, 2.75) is 13.0 Å². The molecule has 0 spiro atoms. The minimum absolute atomic E-state index is 0.0376. The number of carbonyl (C=O) groups excluding carboxylic acids is 1. The van der Waals surface area contributed by atoms with Crippen LogP contribution in [0.25, 0.3) is 15.9 Å². The quantitative estimate of drug-likeness (QED) is 0.264. The molecule has 0 N–H and O–H groups in total. The molecular weight excluding hydrogens is 467 g/mol. The Morgan fingerprint density at radius 2 is 2.03 bits per heavy atom. The van der Waals surface area contributed by atoms with E-state index >= 15 is 0 Å². The molecular formula is C15H10BBrF4N4O4. The average molecular weight is 477 g/mol. The third-order valence-corrected chi connectivity index (χ3v) is 4.64. The van der Waals surface area contributed by atoms with Gasteiger partial charge in [0, 0.05) is 0 Å². The lowest BCUT2D eigenvalue weighted by molar-refractivity contribution is 0.0597. The molecule has 29 heavy (non-hydrogen) atoms. The largest absolute Gasteiger partial charge is 0.673 e. The Kier molecular flexibility index (Phi) is 6.18. The molecule has 0 saturated carbocycles. The van der Waals surface area contributed by atoms with Crippen molar-refractivity contribution < 1.29 is 31.5 Å². The molecule has 3 rings (SSSR count). The van der Waals surface area contributed by atoms with Crippen LogP contribution in [0.2, 0.25) is 0 Å². The van der Waals surface area contributed by atoms with Crippen LogP contribution in [-0.4, -0.2) is 31.5 Å². The smallest absolute Gasteiger partial charge is 0.488 e. The number of carbonyl (C=O) groups is 1. The first-order valence-electron chi connectivity index (χ1n) is 7.74. The number of rotatable bonds is 1. The standard InChI is InChI=1S/C15H10BrN4O4.BF4/c1-6-5-24-13-10(16)9(4-17)11(19-18)7-3-8(15(22)23-2)14(21)20(6)12(7)13;2-1(3,4)5/h3,6H,5H2,1-2H3;/q+1;-1/t6-;/m0./s1. The van der Waals surface area contributed by atoms with Crippen LogP contribution in [0, 0.1) is 16.7 Å². The van der Waals surface area contributed by atoms with Crippen molar-refractivity contribution >= 4 is 45.7 Å². The molecule has 2 aromatic rings. The lowest BCUT2D eigenvalue weighted by atomic mass is 10.0. The summed E-state index contributed by atoms with van der Waals surface area (Å²) in [6.45, 7) is 1.94. The van der Waals surface area contributed by atoms with Crippen molar-refractivity contribution in [3.8, 4) is 11.8 Å². The number of pyridine rings is 1. The van der Waals surface area contributed by atoms with E-state index in [-0.39, 0.29) is 39.3 Å². The van der Waals surface area contributed by atoms with Crippen molar-refractivity contribution in [3.63, 3.8) is 0 Å². The molecule has 1 aromatic carbocycles. The van der Waals surface area contributed by atoms with E-state index in [1.165, 1.54) is 17.7 Å². The van der Waals surface area contributed by atoms with E-state index in [1.54, 1.807) is 6.92 Å². The summed E-state index contributed by atoms with van der Waals surface area (Å²) in [4.78, 5) is 27.8. The van der Waals surface area contributed by atoms with E-state index in [1.807, 2.05) is 6.07 Å². The zero-order chi connectivity index (χ0) is 22.1. The van der Waals surface area contributed by atoms with Crippen LogP contribution >= 0.6 is 15.9 Å². The first-order chi connectivity index (χ1) is 13.5. The van der Waals surface area contributed by atoms with Gasteiger partial charge in [0.15, 0.2) is 16.3 Å². The number of hydrogen-bond acceptors (Lipinski definition) is 6. The Hall–Kier alpha value is -3.13. The van der Waals surface area contributed by atoms with Crippen LogP contribution in [0.15, 0.2) is 15.3 Å². The maximum absolute atomic E-state index is 12.7. The fourth-order valence-electron chi connectivity index (χ4n) is 2.80. The van der Waals surface area contributed by atoms with Crippen molar-refractivity contribution in [1.82, 2.24) is 4.57 Å². The molecule has 2 heterocycles. The fourth-order valence-corrected chi connectivity index (χ4v) is 3.38. The second kappa shape index (κ2) is 8.09. The van der Waals surface area contributed by atoms with Gasteiger partial charge in [-0.15, -0.1) is 0 Å². The zero-order valence-corrected chi connectivity index (χ0v) is 16.3. The van der Waals surface area contributed by atoms with Crippen molar-refractivity contribution in [1.29, 1.82) is 10.7 Å². The van der Waals surface area contributed by atoms with Crippen LogP contribution in [-0.2, 0) is 4.74 Å². The second-order valence-corrected chi connectivity index (χ2v) is 6.51. The number of methoxy groups -OCH3 is 1. The maximum Gasteiger partial charge on any atom is 0.673 e. The Labute approximate surface area is 168 Å². The first-order valence-corrected chi connectivity index (χ1v) is 8.53. The highest BCUT2D eigenvalue weighted by atomic mass is 79.9. The highest BCUT2D eigenvalue weighted by Crippen LogP contribution is 2.45. The molecule has 0 bridgehead atoms. The van der Waals surface area contributed by atoms with E-state index in [0.717, 1.165) is 0 Å². The minimum Gasteiger partial charge on any atom is -0.488 e. The predicted octanol–water partition coefficient (Wildman–Crippen LogP) is 4.16. The summed E-state index contributed by atoms with van der Waals surface area (Å²) < 4.78 is 51.0. The van der Waals surface area contributed by atoms with Crippen LogP contribution < -0.4 is 10.3 Å². The number of ether oxygens (including phenoxy) is 2. The van der Waals surface area contributed by atoms with Crippen molar-refractivity contribution in [2.24, 2.45) is 0 Å². The lowest BCUT2D eigenvalue weighted by Gasteiger charge is -2.26. The van der Waals surface area contributed by atoms with Crippen LogP contribution in [0.3, 0.4) is 0 Å². The second-order valence-electron chi connectivity index (χ2n) is 5.72. The van der Waals surface area contributed by atoms with Gasteiger partial charge in [-0.1, -0.05) is 0 Å². The number of nitriles is 1. The van der Waals surface area contributed by atoms with Gasteiger partial charge in [0.25, 0.3) is 5.56 Å². The summed E-state index contributed by atoms with van der Waals surface area (Å²) in [6, 6.07) is 2.83. The van der Waals surface area contributed by atoms with Gasteiger partial charge in [0.05, 0.1) is 17.6 Å². The highest BCUT2D eigenvalue weighted by Gasteiger charge is 2.35. The topological polar surface area (TPSA) is 109 Å². The molecule has 1 aromatic heterocycles. The van der Waals surface area contributed by atoms with Crippen molar-refractivity contribution in [3.05, 3.63) is 37.0 Å². The van der Waals surface area contributed by atoms with Crippen molar-refractivity contribution in [2.75, 3.05) is 13.7 Å². The van der Waals surface area contributed by atoms with Gasteiger partial charge in [0.1, 0.15) is 29.1 Å². The monoisotopic (exact) mass is 476 g/mol. The summed E-state index contributed by atoms with van der Waals surface area (Å²) in [7, 11) is -4.83. The minimum atomic E-state index is -6.00. The molecule has 0 amide bonds. The molecule has 0 saturated heterocycles. The summed E-state index contributed by atoms with van der Waals surface area (Å²) >= 11 is 3.26. The highest BCUT2D eigenvalue weighted by molar-refractivity contribution is 9.10. The predicted molar refractivity (Wildman–Crippen MR) is 97.1 cm³/mol. The van der Waals surface area contributed by atoms with Gasteiger partial charge in [-0.2, -0.15) is 5.26 Å². The average Bonchev–Trinajstić information content (AvgIpc) is 2.64. The van der Waals surface area contributed by atoms with E-state index in [9.17, 15) is 37.5 Å². The Morgan fingerprint density at radius 3 is 2.52 bits per heavy atom. The van der Waals surface area contributed by atoms with E-state index < -0.39 is 18.8 Å². The summed E-state index contributed by atoms with van der Waals surface area (Å²) in [5.74, 6) is -0.517. The molecule has 152 valence electrons. The number of aromatic nitrogens is 1. The number of esters is 1. The SMILES string of the molecule is COC(=O)c1cc2c([N+]#N)c(C#N)c(Br)c3c2n(c1=O)[C@@H](C)CO3.F[B-](F)(F)F. The molecule has 14 heteroatoms. The number of hydrogen-bond donors (Lipinski definition) is 0. The van der Waals surface area contributed by atoms with Crippen LogP contribution in [0.4, 0.5) is 23.0 Å². The molecule has 0 unspecified atom stereocenters. The third kappa shape index (κ3) is 4.17. The molecule has 1 aliphatic heterocycles. The summed E-state index contributed by atoms with van der Waals surface area (Å²) in [5.41, 5.74) is -0.409. The number of benzene rings is 1. The van der Waals surface area contributed by atoms with Gasteiger partial charge in [0.2, 0.25) is 5.39 Å². The zero-order valence-electron chi connectivity index (χ0n) is 14.8. The molecule has 0 fully saturated rings. The van der Waals surface area contributed by atoms with Gasteiger partial charge < -0.3 is 26.7 Å². The van der Waals surface area contributed by atoms with Crippen LogP contribution in [0.5, 0.6) is 5.75 Å².